The molecule has 1 aliphatic rings. The molecule has 46 heavy (non-hydrogen) atoms. The summed E-state index contributed by atoms with van der Waals surface area (Å²) in [6.45, 7) is 18.4. The molecule has 4 aromatic rings. The lowest BCUT2D eigenvalue weighted by atomic mass is 10.0. The summed E-state index contributed by atoms with van der Waals surface area (Å²) in [5, 5.41) is 0.711. The maximum atomic E-state index is 15.4. The van der Waals surface area contributed by atoms with E-state index in [0.717, 1.165) is 5.56 Å². The van der Waals surface area contributed by atoms with Gasteiger partial charge < -0.3 is 14.5 Å². The third kappa shape index (κ3) is 6.23. The average Bonchev–Trinajstić information content (AvgIpc) is 2.99. The van der Waals surface area contributed by atoms with Crippen molar-refractivity contribution in [3.05, 3.63) is 81.3 Å². The van der Waals surface area contributed by atoms with Gasteiger partial charge >= 0.3 is 11.8 Å². The number of nitrogens with zero attached hydrogens (tertiary/aromatic N) is 6. The molecule has 9 nitrogen and oxygen atoms in total. The van der Waals surface area contributed by atoms with Crippen LogP contribution in [-0.2, 0) is 11.2 Å². The van der Waals surface area contributed by atoms with Crippen LogP contribution in [0.3, 0.4) is 0 Å². The van der Waals surface area contributed by atoms with E-state index in [1.165, 1.54) is 10.6 Å². The van der Waals surface area contributed by atoms with E-state index in [-0.39, 0.29) is 33.9 Å². The number of hydrogen-bond acceptors (Lipinski definition) is 7. The standard InChI is InChI=1S/C35H40ClFN6O3/c1-9-22-12-11-13-26(37)27(22)29-25(36)18-24-31(42-17-16-41(19-21(42)5)34(45)46-35(6,7)8)40-33(44)43(32(24)39-29)30-23(10-2)14-15-38-28(30)20(3)4/h9,11-15,18,20-21H,1,10,16-17,19H2,2-8H3/t21-/m0/s1. The highest BCUT2D eigenvalue weighted by molar-refractivity contribution is 6.34. The van der Waals surface area contributed by atoms with Gasteiger partial charge in [-0.3, -0.25) is 4.98 Å². The smallest absolute Gasteiger partial charge is 0.410 e. The number of piperazine rings is 1. The fourth-order valence-electron chi connectivity index (χ4n) is 5.90. The van der Waals surface area contributed by atoms with Crippen LogP contribution in [0.1, 0.15) is 71.2 Å². The van der Waals surface area contributed by atoms with E-state index < -0.39 is 23.2 Å². The van der Waals surface area contributed by atoms with Crippen LogP contribution >= 0.6 is 11.6 Å². The van der Waals surface area contributed by atoms with Crippen LogP contribution in [0.2, 0.25) is 5.02 Å². The monoisotopic (exact) mass is 646 g/mol. The number of anilines is 1. The van der Waals surface area contributed by atoms with Crippen LogP contribution in [-0.4, -0.2) is 61.8 Å². The zero-order valence-electron chi connectivity index (χ0n) is 27.4. The first-order chi connectivity index (χ1) is 21.7. The molecule has 4 heterocycles. The summed E-state index contributed by atoms with van der Waals surface area (Å²) in [7, 11) is 0. The number of aromatic nitrogens is 4. The fraction of sp³-hybridized carbons (Fsp3) is 0.400. The van der Waals surface area contributed by atoms with Crippen LogP contribution in [0.4, 0.5) is 15.0 Å². The van der Waals surface area contributed by atoms with Gasteiger partial charge in [0.1, 0.15) is 17.2 Å². The summed E-state index contributed by atoms with van der Waals surface area (Å²) in [5.41, 5.74) is 2.21. The lowest BCUT2D eigenvalue weighted by Gasteiger charge is -2.41. The molecule has 0 N–H and O–H groups in total. The Hall–Kier alpha value is -4.31. The van der Waals surface area contributed by atoms with Crippen molar-refractivity contribution in [2.45, 2.75) is 72.4 Å². The third-order valence-corrected chi connectivity index (χ3v) is 8.33. The summed E-state index contributed by atoms with van der Waals surface area (Å²) in [5.74, 6) is -0.145. The number of pyridine rings is 2. The van der Waals surface area contributed by atoms with E-state index in [4.69, 9.17) is 21.3 Å². The third-order valence-electron chi connectivity index (χ3n) is 8.04. The molecular weight excluding hydrogens is 607 g/mol. The number of amides is 1. The molecule has 1 atom stereocenters. The normalized spacial score (nSPS) is 15.5. The van der Waals surface area contributed by atoms with E-state index in [2.05, 4.69) is 16.5 Å². The Labute approximate surface area is 273 Å². The van der Waals surface area contributed by atoms with Gasteiger partial charge in [-0.15, -0.1) is 0 Å². The first-order valence-corrected chi connectivity index (χ1v) is 15.9. The molecule has 0 bridgehead atoms. The number of hydrogen-bond donors (Lipinski definition) is 0. The van der Waals surface area contributed by atoms with Crippen molar-refractivity contribution >= 4 is 40.6 Å². The second-order valence-electron chi connectivity index (χ2n) is 12.8. The van der Waals surface area contributed by atoms with E-state index in [9.17, 15) is 9.59 Å². The minimum atomic E-state index is -0.623. The molecule has 11 heteroatoms. The van der Waals surface area contributed by atoms with E-state index in [1.807, 2.05) is 59.4 Å². The molecule has 1 aromatic carbocycles. The summed E-state index contributed by atoms with van der Waals surface area (Å²) < 4.78 is 22.5. The van der Waals surface area contributed by atoms with E-state index in [0.29, 0.717) is 54.2 Å². The second-order valence-corrected chi connectivity index (χ2v) is 13.2. The van der Waals surface area contributed by atoms with Gasteiger partial charge in [-0.05, 0) is 69.4 Å². The molecule has 0 saturated carbocycles. The highest BCUT2D eigenvalue weighted by atomic mass is 35.5. The number of fused-ring (bicyclic) bond motifs is 1. The van der Waals surface area contributed by atoms with Gasteiger partial charge in [0.2, 0.25) is 0 Å². The number of ether oxygens (including phenoxy) is 1. The summed E-state index contributed by atoms with van der Waals surface area (Å²) in [6.07, 6.45) is 3.52. The van der Waals surface area contributed by atoms with Gasteiger partial charge in [0.15, 0.2) is 5.65 Å². The number of halogens is 2. The Bertz CT molecular complexity index is 1880. The number of benzene rings is 1. The zero-order chi connectivity index (χ0) is 33.5. The summed E-state index contributed by atoms with van der Waals surface area (Å²) in [6, 6.07) is 8.03. The van der Waals surface area contributed by atoms with Crippen LogP contribution < -0.4 is 10.6 Å². The summed E-state index contributed by atoms with van der Waals surface area (Å²) in [4.78, 5) is 45.0. The van der Waals surface area contributed by atoms with Crippen molar-refractivity contribution in [3.63, 3.8) is 0 Å². The molecule has 1 fully saturated rings. The van der Waals surface area contributed by atoms with Crippen LogP contribution in [0.15, 0.2) is 47.9 Å². The minimum absolute atomic E-state index is 0.0187. The number of aryl methyl sites for hydroxylation is 1. The number of rotatable bonds is 6. The van der Waals surface area contributed by atoms with Crippen molar-refractivity contribution in [3.8, 4) is 16.9 Å². The predicted octanol–water partition coefficient (Wildman–Crippen LogP) is 7.41. The first kappa shape index (κ1) is 33.1. The molecule has 1 aliphatic heterocycles. The highest BCUT2D eigenvalue weighted by Crippen LogP contribution is 2.38. The van der Waals surface area contributed by atoms with Gasteiger partial charge in [0, 0.05) is 37.4 Å². The minimum Gasteiger partial charge on any atom is -0.444 e. The Kier molecular flexibility index (Phi) is 9.22. The Morgan fingerprint density at radius 3 is 2.59 bits per heavy atom. The first-order valence-electron chi connectivity index (χ1n) is 15.5. The molecule has 0 radical (unpaired) electrons. The topological polar surface area (TPSA) is 93.5 Å². The van der Waals surface area contributed by atoms with E-state index >= 15 is 4.39 Å². The van der Waals surface area contributed by atoms with Crippen LogP contribution in [0, 0.1) is 5.82 Å². The lowest BCUT2D eigenvalue weighted by Crippen LogP contribution is -2.55. The zero-order valence-corrected chi connectivity index (χ0v) is 28.2. The van der Waals surface area contributed by atoms with Crippen molar-refractivity contribution in [1.29, 1.82) is 0 Å². The molecule has 3 aromatic heterocycles. The van der Waals surface area contributed by atoms with Gasteiger partial charge in [-0.1, -0.05) is 57.2 Å². The Morgan fingerprint density at radius 2 is 1.96 bits per heavy atom. The Balaban J connectivity index is 1.77. The number of carbonyl (C=O) groups excluding carboxylic acids is 1. The lowest BCUT2D eigenvalue weighted by molar-refractivity contribution is 0.0218. The molecule has 0 spiro atoms. The van der Waals surface area contributed by atoms with Gasteiger partial charge in [0.05, 0.1) is 27.5 Å². The van der Waals surface area contributed by atoms with Gasteiger partial charge in [-0.25, -0.2) is 23.5 Å². The van der Waals surface area contributed by atoms with Crippen molar-refractivity contribution in [2.75, 3.05) is 24.5 Å². The molecular formula is C35H40ClFN6O3. The molecule has 242 valence electrons. The SMILES string of the molecule is C=Cc1cccc(F)c1-c1nc2c(cc1Cl)c(N1CCN(C(=O)OC(C)(C)C)C[C@@H]1C)nc(=O)n2-c1c(CC)ccnc1C(C)C. The fourth-order valence-corrected chi connectivity index (χ4v) is 6.15. The highest BCUT2D eigenvalue weighted by Gasteiger charge is 2.33. The maximum absolute atomic E-state index is 15.4. The Morgan fingerprint density at radius 1 is 1.22 bits per heavy atom. The van der Waals surface area contributed by atoms with Gasteiger partial charge in [-0.2, -0.15) is 4.98 Å². The molecule has 1 amide bonds. The van der Waals surface area contributed by atoms with E-state index in [1.54, 1.807) is 35.4 Å². The second kappa shape index (κ2) is 12.8. The van der Waals surface area contributed by atoms with Crippen molar-refractivity contribution < 1.29 is 13.9 Å². The van der Waals surface area contributed by atoms with Gasteiger partial charge in [0.25, 0.3) is 0 Å². The number of carbonyl (C=O) groups is 1. The quantitative estimate of drug-likeness (QED) is 0.215. The summed E-state index contributed by atoms with van der Waals surface area (Å²) >= 11 is 6.91. The largest absolute Gasteiger partial charge is 0.444 e. The molecule has 0 aliphatic carbocycles. The van der Waals surface area contributed by atoms with Crippen LogP contribution in [0.5, 0.6) is 0 Å². The van der Waals surface area contributed by atoms with Crippen LogP contribution in [0.25, 0.3) is 34.1 Å². The van der Waals surface area contributed by atoms with Crippen molar-refractivity contribution in [1.82, 2.24) is 24.4 Å². The molecule has 5 rings (SSSR count). The molecule has 1 saturated heterocycles. The maximum Gasteiger partial charge on any atom is 0.410 e. The average molecular weight is 647 g/mol. The predicted molar refractivity (Wildman–Crippen MR) is 182 cm³/mol. The molecule has 0 unspecified atom stereocenters. The van der Waals surface area contributed by atoms with Crippen molar-refractivity contribution in [2.24, 2.45) is 0 Å².